The molecule has 0 bridgehead atoms. The van der Waals surface area contributed by atoms with Gasteiger partial charge >= 0.3 is 0 Å². The van der Waals surface area contributed by atoms with E-state index in [-0.39, 0.29) is 30.1 Å². The van der Waals surface area contributed by atoms with Crippen LogP contribution in [0.25, 0.3) is 0 Å². The summed E-state index contributed by atoms with van der Waals surface area (Å²) in [6, 6.07) is 4.81. The molecule has 1 aromatic rings. The fourth-order valence-electron chi connectivity index (χ4n) is 2.77. The summed E-state index contributed by atoms with van der Waals surface area (Å²) in [5.74, 6) is 0.125. The summed E-state index contributed by atoms with van der Waals surface area (Å²) >= 11 is 11.8. The number of rotatable bonds is 5. The molecule has 0 heterocycles. The molecular weight excluding hydrogens is 367 g/mol. The van der Waals surface area contributed by atoms with Gasteiger partial charge in [0.05, 0.1) is 15.8 Å². The smallest absolute Gasteiger partial charge is 0.216 e. The van der Waals surface area contributed by atoms with Crippen LogP contribution < -0.4 is 10.5 Å². The quantitative estimate of drug-likeness (QED) is 0.813. The molecule has 8 heteroatoms. The molecule has 3 N–H and O–H groups in total. The first-order valence-electron chi connectivity index (χ1n) is 7.05. The summed E-state index contributed by atoms with van der Waals surface area (Å²) in [5, 5.41) is 0.781. The van der Waals surface area contributed by atoms with E-state index in [4.69, 9.17) is 28.9 Å². The summed E-state index contributed by atoms with van der Waals surface area (Å²) in [4.78, 5) is 0. The van der Waals surface area contributed by atoms with Crippen molar-refractivity contribution in [3.63, 3.8) is 0 Å². The van der Waals surface area contributed by atoms with E-state index in [0.717, 1.165) is 25.7 Å². The molecule has 0 aromatic heterocycles. The molecule has 126 valence electrons. The maximum atomic E-state index is 12.3. The summed E-state index contributed by atoms with van der Waals surface area (Å²) < 4.78 is 27.4. The first kappa shape index (κ1) is 20.0. The zero-order chi connectivity index (χ0) is 15.5. The van der Waals surface area contributed by atoms with E-state index in [1.54, 1.807) is 18.2 Å². The van der Waals surface area contributed by atoms with Crippen molar-refractivity contribution in [2.45, 2.75) is 37.5 Å². The normalized spacial score (nSPS) is 22.1. The third-order valence-corrected chi connectivity index (χ3v) is 6.00. The minimum atomic E-state index is -3.41. The highest BCUT2D eigenvalue weighted by molar-refractivity contribution is 7.88. The highest BCUT2D eigenvalue weighted by Crippen LogP contribution is 2.26. The molecule has 1 fully saturated rings. The summed E-state index contributed by atoms with van der Waals surface area (Å²) in [6.45, 7) is 0.514. The van der Waals surface area contributed by atoms with Crippen LogP contribution in [0, 0.1) is 5.92 Å². The van der Waals surface area contributed by atoms with Crippen LogP contribution in [0.2, 0.25) is 10.0 Å². The molecule has 0 spiro atoms. The Labute approximate surface area is 148 Å². The number of hydrogen-bond acceptors (Lipinski definition) is 3. The minimum Gasteiger partial charge on any atom is -0.330 e. The van der Waals surface area contributed by atoms with Gasteiger partial charge in [0.2, 0.25) is 10.0 Å². The number of sulfonamides is 1. The van der Waals surface area contributed by atoms with Gasteiger partial charge in [-0.3, -0.25) is 0 Å². The predicted molar refractivity (Wildman–Crippen MR) is 94.3 cm³/mol. The van der Waals surface area contributed by atoms with Crippen molar-refractivity contribution >= 4 is 45.6 Å². The van der Waals surface area contributed by atoms with Crippen LogP contribution in [0.3, 0.4) is 0 Å². The molecule has 4 nitrogen and oxygen atoms in total. The van der Waals surface area contributed by atoms with E-state index >= 15 is 0 Å². The van der Waals surface area contributed by atoms with E-state index in [0.29, 0.717) is 22.2 Å². The van der Waals surface area contributed by atoms with Crippen molar-refractivity contribution in [1.82, 2.24) is 4.72 Å². The number of nitrogens with one attached hydrogen (secondary N) is 1. The van der Waals surface area contributed by atoms with Crippen molar-refractivity contribution in [3.8, 4) is 0 Å². The minimum absolute atomic E-state index is 0. The SMILES string of the molecule is Cl.NCC1CCCCC1NS(=O)(=O)Cc1ccc(Cl)c(Cl)c1. The van der Waals surface area contributed by atoms with Crippen molar-refractivity contribution in [3.05, 3.63) is 33.8 Å². The average molecular weight is 388 g/mol. The van der Waals surface area contributed by atoms with Crippen LogP contribution in [0.15, 0.2) is 18.2 Å². The van der Waals surface area contributed by atoms with Crippen LogP contribution in [-0.2, 0) is 15.8 Å². The van der Waals surface area contributed by atoms with Crippen LogP contribution in [0.4, 0.5) is 0 Å². The second-order valence-electron chi connectivity index (χ2n) is 5.51. The van der Waals surface area contributed by atoms with Gasteiger partial charge in [-0.1, -0.05) is 42.1 Å². The van der Waals surface area contributed by atoms with Crippen LogP contribution >= 0.6 is 35.6 Å². The maximum Gasteiger partial charge on any atom is 0.216 e. The van der Waals surface area contributed by atoms with Gasteiger partial charge in [0, 0.05) is 6.04 Å². The summed E-state index contributed by atoms with van der Waals surface area (Å²) in [7, 11) is -3.41. The number of nitrogens with two attached hydrogens (primary N) is 1. The Hall–Kier alpha value is -0.0400. The first-order chi connectivity index (χ1) is 9.91. The Bertz CT molecular complexity index is 596. The van der Waals surface area contributed by atoms with Crippen LogP contribution in [0.5, 0.6) is 0 Å². The van der Waals surface area contributed by atoms with E-state index in [1.165, 1.54) is 0 Å². The lowest BCUT2D eigenvalue weighted by Crippen LogP contribution is -2.45. The standard InChI is InChI=1S/C14H20Cl2N2O2S.ClH/c15-12-6-5-10(7-13(12)16)9-21(19,20)18-14-4-2-1-3-11(14)8-17;/h5-7,11,14,18H,1-4,8-9,17H2;1H. The van der Waals surface area contributed by atoms with Gasteiger partial charge in [-0.2, -0.15) is 0 Å². The molecule has 1 saturated carbocycles. The molecule has 0 amide bonds. The Morgan fingerprint density at radius 2 is 1.86 bits per heavy atom. The molecule has 1 aromatic carbocycles. The number of benzene rings is 1. The van der Waals surface area contributed by atoms with Crippen molar-refractivity contribution in [2.75, 3.05) is 6.54 Å². The zero-order valence-electron chi connectivity index (χ0n) is 12.1. The monoisotopic (exact) mass is 386 g/mol. The van der Waals surface area contributed by atoms with E-state index in [2.05, 4.69) is 4.72 Å². The molecule has 22 heavy (non-hydrogen) atoms. The van der Waals surface area contributed by atoms with Crippen LogP contribution in [-0.4, -0.2) is 21.0 Å². The van der Waals surface area contributed by atoms with Gasteiger partial charge in [-0.15, -0.1) is 12.4 Å². The Balaban J connectivity index is 0.00000242. The third-order valence-electron chi connectivity index (χ3n) is 3.88. The largest absolute Gasteiger partial charge is 0.330 e. The van der Waals surface area contributed by atoms with Crippen molar-refractivity contribution in [2.24, 2.45) is 11.7 Å². The molecule has 0 radical (unpaired) electrons. The highest BCUT2D eigenvalue weighted by Gasteiger charge is 2.27. The van der Waals surface area contributed by atoms with E-state index < -0.39 is 10.0 Å². The number of hydrogen-bond donors (Lipinski definition) is 2. The van der Waals surface area contributed by atoms with Gasteiger partial charge in [0.1, 0.15) is 0 Å². The van der Waals surface area contributed by atoms with Gasteiger partial charge in [-0.05, 0) is 43.0 Å². The topological polar surface area (TPSA) is 72.2 Å². The second kappa shape index (κ2) is 8.71. The molecule has 2 atom stereocenters. The van der Waals surface area contributed by atoms with Gasteiger partial charge in [-0.25, -0.2) is 13.1 Å². The third kappa shape index (κ3) is 5.55. The predicted octanol–water partition coefficient (Wildman–Crippen LogP) is 3.35. The zero-order valence-corrected chi connectivity index (χ0v) is 15.2. The highest BCUT2D eigenvalue weighted by atomic mass is 35.5. The van der Waals surface area contributed by atoms with Gasteiger partial charge < -0.3 is 5.73 Å². The van der Waals surface area contributed by atoms with E-state index in [9.17, 15) is 8.42 Å². The lowest BCUT2D eigenvalue weighted by atomic mass is 9.85. The second-order valence-corrected chi connectivity index (χ2v) is 8.08. The van der Waals surface area contributed by atoms with Crippen LogP contribution in [0.1, 0.15) is 31.2 Å². The average Bonchev–Trinajstić information content (AvgIpc) is 2.43. The summed E-state index contributed by atoms with van der Waals surface area (Å²) in [5.41, 5.74) is 6.36. The molecular formula is C14H21Cl3N2O2S. The molecule has 1 aliphatic carbocycles. The summed E-state index contributed by atoms with van der Waals surface area (Å²) in [6.07, 6.45) is 3.99. The lowest BCUT2D eigenvalue weighted by Gasteiger charge is -2.31. The van der Waals surface area contributed by atoms with Crippen molar-refractivity contribution in [1.29, 1.82) is 0 Å². The fourth-order valence-corrected chi connectivity index (χ4v) is 4.56. The van der Waals surface area contributed by atoms with Gasteiger partial charge in [0.15, 0.2) is 0 Å². The number of halogens is 3. The molecule has 0 aliphatic heterocycles. The fraction of sp³-hybridized carbons (Fsp3) is 0.571. The van der Waals surface area contributed by atoms with Gasteiger partial charge in [0.25, 0.3) is 0 Å². The van der Waals surface area contributed by atoms with Crippen molar-refractivity contribution < 1.29 is 8.42 Å². The Morgan fingerprint density at radius 3 is 2.50 bits per heavy atom. The Morgan fingerprint density at radius 1 is 1.18 bits per heavy atom. The first-order valence-corrected chi connectivity index (χ1v) is 9.46. The molecule has 2 unspecified atom stereocenters. The lowest BCUT2D eigenvalue weighted by molar-refractivity contribution is 0.296. The van der Waals surface area contributed by atoms with E-state index in [1.807, 2.05) is 0 Å². The molecule has 1 aliphatic rings. The molecule has 2 rings (SSSR count). The maximum absolute atomic E-state index is 12.3. The Kier molecular flexibility index (Phi) is 7.92. The molecule has 0 saturated heterocycles.